The average Bonchev–Trinajstić information content (AvgIpc) is 3.04. The molecule has 1 aliphatic rings. The molecule has 2 N–H and O–H groups in total. The number of halogens is 1. The Morgan fingerprint density at radius 1 is 1.27 bits per heavy atom. The van der Waals surface area contributed by atoms with E-state index < -0.39 is 0 Å². The van der Waals surface area contributed by atoms with Crippen molar-refractivity contribution < 1.29 is 14.1 Å². The van der Waals surface area contributed by atoms with Gasteiger partial charge in [-0.15, -0.1) is 24.0 Å². The van der Waals surface area contributed by atoms with Gasteiger partial charge in [-0.2, -0.15) is 0 Å². The number of nitrogens with zero attached hydrogens (tertiary/aromatic N) is 4. The second-order valence-corrected chi connectivity index (χ2v) is 7.44. The van der Waals surface area contributed by atoms with Gasteiger partial charge < -0.3 is 24.8 Å². The van der Waals surface area contributed by atoms with Crippen molar-refractivity contribution in [1.82, 2.24) is 25.6 Å². The van der Waals surface area contributed by atoms with Gasteiger partial charge in [-0.1, -0.05) is 12.1 Å². The highest BCUT2D eigenvalue weighted by Gasteiger charge is 2.22. The third-order valence-electron chi connectivity index (χ3n) is 5.10. The molecule has 1 saturated heterocycles. The van der Waals surface area contributed by atoms with Crippen LogP contribution < -0.4 is 10.6 Å². The molecule has 9 nitrogen and oxygen atoms in total. The molecule has 1 aliphatic heterocycles. The summed E-state index contributed by atoms with van der Waals surface area (Å²) in [6, 6.07) is 0. The van der Waals surface area contributed by atoms with E-state index in [0.717, 1.165) is 55.7 Å². The van der Waals surface area contributed by atoms with Gasteiger partial charge in [0.2, 0.25) is 5.91 Å². The Labute approximate surface area is 197 Å². The lowest BCUT2D eigenvalue weighted by atomic mass is 10.00. The van der Waals surface area contributed by atoms with Crippen LogP contribution >= 0.6 is 24.0 Å². The number of nitrogens with one attached hydrogen (secondary N) is 2. The molecule has 0 saturated carbocycles. The van der Waals surface area contributed by atoms with Gasteiger partial charge in [0, 0.05) is 64.4 Å². The molecule has 10 heteroatoms. The molecule has 0 aliphatic carbocycles. The maximum Gasteiger partial charge on any atom is 0.234 e. The summed E-state index contributed by atoms with van der Waals surface area (Å²) in [5.41, 5.74) is 2.08. The second-order valence-electron chi connectivity index (χ2n) is 7.44. The van der Waals surface area contributed by atoms with Gasteiger partial charge >= 0.3 is 0 Å². The summed E-state index contributed by atoms with van der Waals surface area (Å²) in [6.07, 6.45) is 0. The highest BCUT2D eigenvalue weighted by Crippen LogP contribution is 2.23. The minimum absolute atomic E-state index is 0. The zero-order chi connectivity index (χ0) is 21.2. The normalized spacial score (nSPS) is 16.2. The minimum Gasteiger partial charge on any atom is -0.383 e. The van der Waals surface area contributed by atoms with E-state index in [1.54, 1.807) is 7.11 Å². The molecule has 0 spiro atoms. The van der Waals surface area contributed by atoms with E-state index >= 15 is 0 Å². The topological polar surface area (TPSA) is 95.2 Å². The fraction of sp³-hybridized carbons (Fsp3) is 0.750. The molecule has 2 heterocycles. The lowest BCUT2D eigenvalue weighted by molar-refractivity contribution is -0.122. The van der Waals surface area contributed by atoms with Crippen LogP contribution in [0.25, 0.3) is 0 Å². The van der Waals surface area contributed by atoms with E-state index in [1.165, 1.54) is 0 Å². The number of aryl methyl sites for hydroxylation is 2. The summed E-state index contributed by atoms with van der Waals surface area (Å²) in [7, 11) is 1.63. The van der Waals surface area contributed by atoms with Gasteiger partial charge in [0.15, 0.2) is 5.96 Å². The fourth-order valence-corrected chi connectivity index (χ4v) is 3.60. The molecule has 1 aromatic rings. The Morgan fingerprint density at radius 3 is 2.53 bits per heavy atom. The Kier molecular flexibility index (Phi) is 12.3. The fourth-order valence-electron chi connectivity index (χ4n) is 3.60. The Bertz CT molecular complexity index is 654. The quantitative estimate of drug-likeness (QED) is 0.213. The Hall–Kier alpha value is -1.40. The first kappa shape index (κ1) is 26.6. The number of aromatic nitrogens is 1. The predicted molar refractivity (Wildman–Crippen MR) is 129 cm³/mol. The van der Waals surface area contributed by atoms with Gasteiger partial charge in [-0.05, 0) is 20.8 Å². The van der Waals surface area contributed by atoms with E-state index in [1.807, 2.05) is 13.8 Å². The number of carbonyl (C=O) groups is 1. The SMILES string of the molecule is CCNC(=NCC(C)c1c(C)noc1C)N1CCN(CC(=O)NCCOC)CC1.I. The van der Waals surface area contributed by atoms with Crippen LogP contribution in [0.5, 0.6) is 0 Å². The molecular formula is C20H37IN6O3. The standard InChI is InChI=1S/C20H36N6O3.HI/c1-6-21-20(23-13-15(2)19-16(3)24-29-17(19)4)26-10-8-25(9-11-26)14-18(27)22-7-12-28-5;/h15H,6-14H2,1-5H3,(H,21,23)(H,22,27);1H. The maximum atomic E-state index is 12.0. The monoisotopic (exact) mass is 536 g/mol. The largest absolute Gasteiger partial charge is 0.383 e. The van der Waals surface area contributed by atoms with E-state index in [-0.39, 0.29) is 35.8 Å². The molecule has 0 radical (unpaired) electrons. The van der Waals surface area contributed by atoms with Crippen molar-refractivity contribution in [3.05, 3.63) is 17.0 Å². The van der Waals surface area contributed by atoms with Crippen molar-refractivity contribution in [2.24, 2.45) is 4.99 Å². The lowest BCUT2D eigenvalue weighted by Crippen LogP contribution is -2.54. The third kappa shape index (κ3) is 8.03. The zero-order valence-electron chi connectivity index (χ0n) is 18.9. The molecular weight excluding hydrogens is 499 g/mol. The number of guanidine groups is 1. The van der Waals surface area contributed by atoms with Crippen LogP contribution in [-0.2, 0) is 9.53 Å². The number of carbonyl (C=O) groups excluding carboxylic acids is 1. The number of aliphatic imine (C=N–C) groups is 1. The molecule has 1 aromatic heterocycles. The number of hydrogen-bond donors (Lipinski definition) is 2. The molecule has 1 unspecified atom stereocenters. The summed E-state index contributed by atoms with van der Waals surface area (Å²) in [5.74, 6) is 2.08. The molecule has 30 heavy (non-hydrogen) atoms. The number of methoxy groups -OCH3 is 1. The molecule has 1 amide bonds. The van der Waals surface area contributed by atoms with E-state index in [4.69, 9.17) is 14.3 Å². The highest BCUT2D eigenvalue weighted by molar-refractivity contribution is 14.0. The molecule has 172 valence electrons. The zero-order valence-corrected chi connectivity index (χ0v) is 21.2. The Balaban J connectivity index is 0.00000450. The van der Waals surface area contributed by atoms with Crippen molar-refractivity contribution in [2.45, 2.75) is 33.6 Å². The summed E-state index contributed by atoms with van der Waals surface area (Å²) >= 11 is 0. The second kappa shape index (κ2) is 13.8. The van der Waals surface area contributed by atoms with Crippen molar-refractivity contribution in [3.8, 4) is 0 Å². The third-order valence-corrected chi connectivity index (χ3v) is 5.10. The predicted octanol–water partition coefficient (Wildman–Crippen LogP) is 1.36. The van der Waals surface area contributed by atoms with Gasteiger partial charge in [0.05, 0.1) is 18.8 Å². The van der Waals surface area contributed by atoms with Crippen LogP contribution in [0.1, 0.15) is 36.8 Å². The summed E-state index contributed by atoms with van der Waals surface area (Å²) in [6.45, 7) is 14.5. The molecule has 1 atom stereocenters. The summed E-state index contributed by atoms with van der Waals surface area (Å²) in [5, 5.41) is 10.3. The smallest absolute Gasteiger partial charge is 0.234 e. The summed E-state index contributed by atoms with van der Waals surface area (Å²) in [4.78, 5) is 21.3. The van der Waals surface area contributed by atoms with Crippen molar-refractivity contribution >= 4 is 35.8 Å². The molecule has 2 rings (SSSR count). The van der Waals surface area contributed by atoms with E-state index in [2.05, 4.69) is 39.4 Å². The van der Waals surface area contributed by atoms with Crippen molar-refractivity contribution in [1.29, 1.82) is 0 Å². The number of piperazine rings is 1. The van der Waals surface area contributed by atoms with Gasteiger partial charge in [0.25, 0.3) is 0 Å². The van der Waals surface area contributed by atoms with E-state index in [0.29, 0.717) is 26.2 Å². The average molecular weight is 536 g/mol. The van der Waals surface area contributed by atoms with Crippen molar-refractivity contribution in [2.75, 3.05) is 66.1 Å². The van der Waals surface area contributed by atoms with Gasteiger partial charge in [-0.3, -0.25) is 14.7 Å². The van der Waals surface area contributed by atoms with Crippen LogP contribution in [0.4, 0.5) is 0 Å². The number of hydrogen-bond acceptors (Lipinski definition) is 6. The molecule has 1 fully saturated rings. The van der Waals surface area contributed by atoms with Crippen LogP contribution in [0.3, 0.4) is 0 Å². The van der Waals surface area contributed by atoms with Gasteiger partial charge in [0.1, 0.15) is 5.76 Å². The first-order chi connectivity index (χ1) is 14.0. The van der Waals surface area contributed by atoms with Gasteiger partial charge in [-0.25, -0.2) is 0 Å². The van der Waals surface area contributed by atoms with E-state index in [9.17, 15) is 4.79 Å². The molecule has 0 aromatic carbocycles. The van der Waals surface area contributed by atoms with Crippen LogP contribution in [-0.4, -0.2) is 92.9 Å². The number of rotatable bonds is 9. The number of ether oxygens (including phenoxy) is 1. The van der Waals surface area contributed by atoms with Crippen molar-refractivity contribution in [3.63, 3.8) is 0 Å². The minimum atomic E-state index is 0. The first-order valence-corrected chi connectivity index (χ1v) is 10.4. The van der Waals surface area contributed by atoms with Crippen LogP contribution in [0.2, 0.25) is 0 Å². The maximum absolute atomic E-state index is 12.0. The lowest BCUT2D eigenvalue weighted by Gasteiger charge is -2.36. The highest BCUT2D eigenvalue weighted by atomic mass is 127. The number of amides is 1. The van der Waals surface area contributed by atoms with Crippen LogP contribution in [0, 0.1) is 13.8 Å². The molecule has 0 bridgehead atoms. The van der Waals surface area contributed by atoms with Crippen LogP contribution in [0.15, 0.2) is 9.52 Å². The summed E-state index contributed by atoms with van der Waals surface area (Å²) < 4.78 is 10.2. The first-order valence-electron chi connectivity index (χ1n) is 10.4. The Morgan fingerprint density at radius 2 is 1.97 bits per heavy atom.